The SMILES string of the molecule is CC1(C)c2cc(N3C4=C(CCC=C4)C(C4=CC=CCC4)(c4ccccc4)c4ccccc43)ccc2Nc2ccc(N3C4=C(C=CCC4)C(C4C=CC=CC4)(C4CC=CCC4)c4ccccc43)cc21. The van der Waals surface area contributed by atoms with Crippen molar-refractivity contribution >= 4 is 34.1 Å². The summed E-state index contributed by atoms with van der Waals surface area (Å²) in [4.78, 5) is 5.25. The fraction of sp³-hybridized carbons (Fsp3) is 0.262. The molecular formula is C65H61N3. The Labute approximate surface area is 403 Å². The molecule has 3 heterocycles. The van der Waals surface area contributed by atoms with Gasteiger partial charge in [-0.1, -0.05) is 159 Å². The molecule has 5 aliphatic carbocycles. The van der Waals surface area contributed by atoms with Crippen molar-refractivity contribution < 1.29 is 0 Å². The zero-order valence-corrected chi connectivity index (χ0v) is 39.6. The van der Waals surface area contributed by atoms with Crippen LogP contribution in [-0.4, -0.2) is 0 Å². The number of fused-ring (bicyclic) bond motifs is 4. The Morgan fingerprint density at radius 2 is 1.26 bits per heavy atom. The van der Waals surface area contributed by atoms with Crippen LogP contribution in [0.2, 0.25) is 0 Å². The minimum Gasteiger partial charge on any atom is -0.355 e. The number of nitrogens with zero attached hydrogens (tertiary/aromatic N) is 2. The van der Waals surface area contributed by atoms with Crippen LogP contribution >= 0.6 is 0 Å². The lowest BCUT2D eigenvalue weighted by Gasteiger charge is -2.54. The van der Waals surface area contributed by atoms with Crippen LogP contribution in [0.5, 0.6) is 0 Å². The van der Waals surface area contributed by atoms with Gasteiger partial charge in [0.05, 0.1) is 11.1 Å². The van der Waals surface area contributed by atoms with Crippen LogP contribution in [0.25, 0.3) is 0 Å². The van der Waals surface area contributed by atoms with E-state index in [0.29, 0.717) is 11.8 Å². The first-order chi connectivity index (χ1) is 33.5. The van der Waals surface area contributed by atoms with E-state index in [0.717, 1.165) is 57.8 Å². The van der Waals surface area contributed by atoms with E-state index in [1.54, 1.807) is 0 Å². The van der Waals surface area contributed by atoms with Crippen LogP contribution in [0.4, 0.5) is 34.1 Å². The maximum atomic E-state index is 3.96. The summed E-state index contributed by atoms with van der Waals surface area (Å²) in [5.41, 5.74) is 20.9. The summed E-state index contributed by atoms with van der Waals surface area (Å²) in [6, 6.07) is 44.6. The highest BCUT2D eigenvalue weighted by molar-refractivity contribution is 5.87. The van der Waals surface area contributed by atoms with Crippen LogP contribution in [0.1, 0.15) is 106 Å². The third kappa shape index (κ3) is 5.97. The Hall–Kier alpha value is -6.84. The molecule has 3 heteroatoms. The highest BCUT2D eigenvalue weighted by atomic mass is 15.2. The van der Waals surface area contributed by atoms with Crippen molar-refractivity contribution in [3.05, 3.63) is 250 Å². The highest BCUT2D eigenvalue weighted by Gasteiger charge is 2.54. The first kappa shape index (κ1) is 41.4. The second-order valence-electron chi connectivity index (χ2n) is 20.8. The van der Waals surface area contributed by atoms with Gasteiger partial charge in [-0.15, -0.1) is 0 Å². The Morgan fingerprint density at radius 1 is 0.559 bits per heavy atom. The van der Waals surface area contributed by atoms with Crippen molar-refractivity contribution in [1.29, 1.82) is 0 Å². The molecule has 8 aliphatic rings. The van der Waals surface area contributed by atoms with Gasteiger partial charge in [0.2, 0.25) is 0 Å². The highest BCUT2D eigenvalue weighted by Crippen LogP contribution is 2.62. The normalized spacial score (nSPS) is 26.0. The molecule has 0 saturated carbocycles. The van der Waals surface area contributed by atoms with E-state index >= 15 is 0 Å². The summed E-state index contributed by atoms with van der Waals surface area (Å²) in [6.45, 7) is 4.89. The predicted molar refractivity (Wildman–Crippen MR) is 284 cm³/mol. The fourth-order valence-electron chi connectivity index (χ4n) is 14.3. The lowest BCUT2D eigenvalue weighted by Crippen LogP contribution is -2.49. The molecule has 1 N–H and O–H groups in total. The molecule has 0 saturated heterocycles. The summed E-state index contributed by atoms with van der Waals surface area (Å²) >= 11 is 0. The molecule has 5 aromatic rings. The summed E-state index contributed by atoms with van der Waals surface area (Å²) in [5.74, 6) is 0.928. The summed E-state index contributed by atoms with van der Waals surface area (Å²) < 4.78 is 0. The maximum absolute atomic E-state index is 3.96. The summed E-state index contributed by atoms with van der Waals surface area (Å²) in [6.07, 6.45) is 42.1. The smallest absolute Gasteiger partial charge is 0.0668 e. The average Bonchev–Trinajstić information content (AvgIpc) is 3.40. The molecule has 4 atom stereocenters. The Balaban J connectivity index is 0.946. The zero-order valence-electron chi connectivity index (χ0n) is 39.6. The van der Waals surface area contributed by atoms with Gasteiger partial charge in [0.25, 0.3) is 0 Å². The van der Waals surface area contributed by atoms with E-state index in [1.807, 2.05) is 0 Å². The van der Waals surface area contributed by atoms with Crippen molar-refractivity contribution in [2.45, 2.75) is 94.3 Å². The van der Waals surface area contributed by atoms with Gasteiger partial charge in [0.1, 0.15) is 0 Å². The third-order valence-corrected chi connectivity index (χ3v) is 17.2. The molecular weight excluding hydrogens is 823 g/mol. The monoisotopic (exact) mass is 883 g/mol. The van der Waals surface area contributed by atoms with Crippen LogP contribution < -0.4 is 15.1 Å². The molecule has 0 radical (unpaired) electrons. The number of para-hydroxylation sites is 2. The second-order valence-corrected chi connectivity index (χ2v) is 20.8. The molecule has 0 fully saturated rings. The number of allylic oxidation sites excluding steroid dienone is 17. The van der Waals surface area contributed by atoms with Gasteiger partial charge in [-0.2, -0.15) is 0 Å². The van der Waals surface area contributed by atoms with Crippen molar-refractivity contribution in [2.24, 2.45) is 11.8 Å². The average molecular weight is 884 g/mol. The zero-order chi connectivity index (χ0) is 45.5. The molecule has 4 unspecified atom stereocenters. The molecule has 13 rings (SSSR count). The predicted octanol–water partition coefficient (Wildman–Crippen LogP) is 16.9. The summed E-state index contributed by atoms with van der Waals surface area (Å²) in [7, 11) is 0. The minimum atomic E-state index is -0.336. The third-order valence-electron chi connectivity index (χ3n) is 17.2. The molecule has 0 spiro atoms. The first-order valence-corrected chi connectivity index (χ1v) is 25.6. The minimum absolute atomic E-state index is 0.100. The van der Waals surface area contributed by atoms with Crippen LogP contribution in [-0.2, 0) is 16.2 Å². The van der Waals surface area contributed by atoms with Crippen molar-refractivity contribution in [2.75, 3.05) is 15.1 Å². The van der Waals surface area contributed by atoms with Gasteiger partial charge in [-0.05, 0) is 170 Å². The molecule has 68 heavy (non-hydrogen) atoms. The second kappa shape index (κ2) is 16.2. The molecule has 336 valence electrons. The first-order valence-electron chi connectivity index (χ1n) is 25.6. The van der Waals surface area contributed by atoms with E-state index < -0.39 is 0 Å². The Bertz CT molecular complexity index is 3160. The molecule has 0 aromatic heterocycles. The van der Waals surface area contributed by atoms with Gasteiger partial charge in [0.15, 0.2) is 0 Å². The number of benzene rings is 5. The molecule has 0 amide bonds. The maximum Gasteiger partial charge on any atom is 0.0668 e. The Morgan fingerprint density at radius 3 is 2.00 bits per heavy atom. The molecule has 3 aliphatic heterocycles. The van der Waals surface area contributed by atoms with E-state index in [1.165, 1.54) is 96.5 Å². The van der Waals surface area contributed by atoms with E-state index in [2.05, 4.69) is 223 Å². The van der Waals surface area contributed by atoms with Crippen molar-refractivity contribution in [3.8, 4) is 0 Å². The van der Waals surface area contributed by atoms with Gasteiger partial charge >= 0.3 is 0 Å². The quantitative estimate of drug-likeness (QED) is 0.171. The number of hydrogen-bond acceptors (Lipinski definition) is 3. The lowest BCUT2D eigenvalue weighted by molar-refractivity contribution is 0.224. The molecule has 0 bridgehead atoms. The Kier molecular flexibility index (Phi) is 9.83. The van der Waals surface area contributed by atoms with Gasteiger partial charge in [0, 0.05) is 50.7 Å². The molecule has 5 aromatic carbocycles. The fourth-order valence-corrected chi connectivity index (χ4v) is 14.3. The number of nitrogens with one attached hydrogen (secondary N) is 1. The van der Waals surface area contributed by atoms with E-state index in [9.17, 15) is 0 Å². The van der Waals surface area contributed by atoms with Gasteiger partial charge in [-0.3, -0.25) is 0 Å². The standard InChI is InChI=1S/C65H61N3/c1-63(2)55-43-49(67-59-35-19-15-31-51(59)64(45-23-7-3-8-24-45,46-25-9-4-10-26-46)52-32-16-20-36-60(52)67)39-41-57(55)66-58-42-40-50(44-56(58)63)68-61-37-21-17-33-53(61)65(47-27-11-5-12-28-47,48-29-13-6-14-30-48)54-34-18-22-38-62(54)68/h3-9,11-13,15-17,19,21-23,27-29,31-33,35,37-46,66H,10,14,18,20,24-26,30,34,36H2,1-2H3. The number of anilines is 6. The van der Waals surface area contributed by atoms with Crippen LogP contribution in [0.15, 0.2) is 222 Å². The summed E-state index contributed by atoms with van der Waals surface area (Å²) in [5, 5.41) is 3.96. The molecule has 3 nitrogen and oxygen atoms in total. The van der Waals surface area contributed by atoms with Gasteiger partial charge in [-0.25, -0.2) is 0 Å². The van der Waals surface area contributed by atoms with Crippen LogP contribution in [0.3, 0.4) is 0 Å². The largest absolute Gasteiger partial charge is 0.355 e. The number of hydrogen-bond donors (Lipinski definition) is 1. The topological polar surface area (TPSA) is 18.5 Å². The van der Waals surface area contributed by atoms with Gasteiger partial charge < -0.3 is 15.1 Å². The van der Waals surface area contributed by atoms with E-state index in [4.69, 9.17) is 0 Å². The van der Waals surface area contributed by atoms with E-state index in [-0.39, 0.29) is 16.2 Å². The number of rotatable bonds is 6. The lowest BCUT2D eigenvalue weighted by atomic mass is 9.52. The van der Waals surface area contributed by atoms with Crippen LogP contribution in [0, 0.1) is 11.8 Å². The van der Waals surface area contributed by atoms with Crippen molar-refractivity contribution in [3.63, 3.8) is 0 Å². The van der Waals surface area contributed by atoms with Crippen molar-refractivity contribution in [1.82, 2.24) is 0 Å².